The van der Waals surface area contributed by atoms with Crippen LogP contribution in [-0.2, 0) is 0 Å². The summed E-state index contributed by atoms with van der Waals surface area (Å²) in [6.07, 6.45) is 56.3. The fourth-order valence-corrected chi connectivity index (χ4v) is 10.0. The van der Waals surface area contributed by atoms with Crippen molar-refractivity contribution in [1.82, 2.24) is 0 Å². The second kappa shape index (κ2) is 46.5. The van der Waals surface area contributed by atoms with Crippen LogP contribution in [0.5, 0.6) is 5.75 Å². The Bertz CT molecular complexity index is 1040. The first-order valence-corrected chi connectivity index (χ1v) is 29.7. The second-order valence-electron chi connectivity index (χ2n) is 20.5. The molecule has 378 valence electrons. The van der Waals surface area contributed by atoms with Crippen molar-refractivity contribution < 1.29 is 5.11 Å². The lowest BCUT2D eigenvalue weighted by Crippen LogP contribution is -2.35. The van der Waals surface area contributed by atoms with E-state index in [0.29, 0.717) is 5.75 Å². The lowest BCUT2D eigenvalue weighted by atomic mass is 10.0. The predicted octanol–water partition coefficient (Wildman–Crippen LogP) is 20.3. The number of hydrogen-bond acceptors (Lipinski definition) is 4. The van der Waals surface area contributed by atoms with E-state index in [9.17, 15) is 5.11 Å². The fourth-order valence-electron chi connectivity index (χ4n) is 10.0. The number of rotatable bonds is 51. The summed E-state index contributed by atoms with van der Waals surface area (Å²) in [6, 6.07) is 4.50. The molecule has 0 saturated carbocycles. The van der Waals surface area contributed by atoms with Gasteiger partial charge in [-0.05, 0) is 50.7 Å². The summed E-state index contributed by atoms with van der Waals surface area (Å²) in [6.45, 7) is 20.6. The van der Waals surface area contributed by atoms with Crippen molar-refractivity contribution in [3.63, 3.8) is 0 Å². The maximum Gasteiger partial charge on any atom is 0.141 e. The Labute approximate surface area is 403 Å². The molecule has 0 atom stereocenters. The lowest BCUT2D eigenvalue weighted by Gasteiger charge is -2.38. The van der Waals surface area contributed by atoms with E-state index in [-0.39, 0.29) is 0 Å². The summed E-state index contributed by atoms with van der Waals surface area (Å²) >= 11 is 0. The van der Waals surface area contributed by atoms with Crippen LogP contribution in [0.25, 0.3) is 0 Å². The number of phenols is 1. The number of unbranched alkanes of at least 4 members (excludes halogenated alkanes) is 36. The fraction of sp³-hybridized carbons (Fsp3) is 0.900. The molecule has 4 nitrogen and oxygen atoms in total. The number of aromatic hydroxyl groups is 1. The molecule has 0 unspecified atom stereocenters. The highest BCUT2D eigenvalue weighted by molar-refractivity contribution is 5.89. The van der Waals surface area contributed by atoms with Gasteiger partial charge in [0.1, 0.15) is 11.4 Å². The van der Waals surface area contributed by atoms with E-state index in [4.69, 9.17) is 0 Å². The molecule has 1 aromatic rings. The van der Waals surface area contributed by atoms with Gasteiger partial charge in [0, 0.05) is 39.3 Å². The van der Waals surface area contributed by atoms with Gasteiger partial charge in [0.05, 0.1) is 11.4 Å². The number of phenolic OH excluding ortho intramolecular Hbond substituents is 1. The maximum atomic E-state index is 12.3. The van der Waals surface area contributed by atoms with E-state index >= 15 is 0 Å². The van der Waals surface area contributed by atoms with Crippen molar-refractivity contribution in [2.45, 2.75) is 311 Å². The van der Waals surface area contributed by atoms with Crippen LogP contribution >= 0.6 is 0 Å². The SMILES string of the molecule is CCCCCCCCCN(CCCCCCCCC)c1ccc(O)c(N(CCCCCCCCC)CCCCCCCCC)c1N(CCCCCCCCC)CCCCCCCCC. The molecular formula is C60H117N3O. The highest BCUT2D eigenvalue weighted by Crippen LogP contribution is 2.46. The van der Waals surface area contributed by atoms with Crippen LogP contribution in [0.2, 0.25) is 0 Å². The van der Waals surface area contributed by atoms with Gasteiger partial charge in [0.25, 0.3) is 0 Å². The molecule has 0 saturated heterocycles. The van der Waals surface area contributed by atoms with E-state index in [2.05, 4.69) is 68.4 Å². The van der Waals surface area contributed by atoms with Gasteiger partial charge in [0.2, 0.25) is 0 Å². The minimum absolute atomic E-state index is 0.528. The van der Waals surface area contributed by atoms with Crippen LogP contribution in [-0.4, -0.2) is 44.4 Å². The molecule has 0 bridgehead atoms. The number of nitrogens with zero attached hydrogens (tertiary/aromatic N) is 3. The summed E-state index contributed by atoms with van der Waals surface area (Å²) in [5.74, 6) is 0.528. The lowest BCUT2D eigenvalue weighted by molar-refractivity contribution is 0.471. The van der Waals surface area contributed by atoms with Crippen molar-refractivity contribution in [3.05, 3.63) is 12.1 Å². The van der Waals surface area contributed by atoms with Crippen LogP contribution in [0, 0.1) is 0 Å². The molecule has 0 aromatic heterocycles. The van der Waals surface area contributed by atoms with Gasteiger partial charge in [0.15, 0.2) is 0 Å². The van der Waals surface area contributed by atoms with Gasteiger partial charge in [-0.2, -0.15) is 0 Å². The Kier molecular flexibility index (Phi) is 43.9. The zero-order chi connectivity index (χ0) is 46.4. The summed E-state index contributed by atoms with van der Waals surface area (Å²) in [5.41, 5.74) is 4.01. The maximum absolute atomic E-state index is 12.3. The average molecular weight is 897 g/mol. The van der Waals surface area contributed by atoms with Crippen LogP contribution in [0.3, 0.4) is 0 Å². The standard InChI is InChI=1S/C60H117N3O/c1-7-13-19-25-31-37-43-51-61(52-44-38-32-26-20-14-8-2)57-49-50-58(64)60(63(55-47-41-35-29-23-17-11-5)56-48-42-36-30-24-18-12-6)59(57)62(53-45-39-33-27-21-15-9-3)54-46-40-34-28-22-16-10-4/h49-50,64H,7-48,51-56H2,1-6H3. The Morgan fingerprint density at radius 3 is 0.703 bits per heavy atom. The van der Waals surface area contributed by atoms with Gasteiger partial charge < -0.3 is 19.8 Å². The zero-order valence-corrected chi connectivity index (χ0v) is 44.9. The molecule has 0 aliphatic rings. The van der Waals surface area contributed by atoms with Gasteiger partial charge in [-0.25, -0.2) is 0 Å². The van der Waals surface area contributed by atoms with Crippen molar-refractivity contribution in [3.8, 4) is 5.75 Å². The van der Waals surface area contributed by atoms with Gasteiger partial charge in [-0.15, -0.1) is 0 Å². The molecule has 0 fully saturated rings. The Morgan fingerprint density at radius 1 is 0.250 bits per heavy atom. The molecule has 0 aliphatic carbocycles. The summed E-state index contributed by atoms with van der Waals surface area (Å²) in [5, 5.41) is 12.3. The van der Waals surface area contributed by atoms with E-state index in [1.54, 1.807) is 0 Å². The van der Waals surface area contributed by atoms with Crippen molar-refractivity contribution >= 4 is 17.1 Å². The molecule has 0 spiro atoms. The number of benzene rings is 1. The monoisotopic (exact) mass is 896 g/mol. The molecule has 0 amide bonds. The first kappa shape index (κ1) is 60.4. The number of hydrogen-bond donors (Lipinski definition) is 1. The van der Waals surface area contributed by atoms with Gasteiger partial charge in [-0.3, -0.25) is 0 Å². The van der Waals surface area contributed by atoms with E-state index in [1.807, 2.05) is 0 Å². The topological polar surface area (TPSA) is 30.0 Å². The third kappa shape index (κ3) is 32.2. The third-order valence-electron chi connectivity index (χ3n) is 14.3. The second-order valence-corrected chi connectivity index (χ2v) is 20.5. The molecular weight excluding hydrogens is 779 g/mol. The van der Waals surface area contributed by atoms with E-state index < -0.39 is 0 Å². The Balaban J connectivity index is 3.73. The summed E-state index contributed by atoms with van der Waals surface area (Å²) in [4.78, 5) is 8.39. The first-order valence-electron chi connectivity index (χ1n) is 29.7. The van der Waals surface area contributed by atoms with Crippen molar-refractivity contribution in [2.75, 3.05) is 54.0 Å². The van der Waals surface area contributed by atoms with Crippen molar-refractivity contribution in [2.24, 2.45) is 0 Å². The molecule has 1 aromatic carbocycles. The minimum Gasteiger partial charge on any atom is -0.506 e. The molecule has 64 heavy (non-hydrogen) atoms. The highest BCUT2D eigenvalue weighted by Gasteiger charge is 2.26. The molecule has 4 heteroatoms. The molecule has 0 radical (unpaired) electrons. The summed E-state index contributed by atoms with van der Waals surface area (Å²) in [7, 11) is 0. The molecule has 0 aliphatic heterocycles. The Morgan fingerprint density at radius 2 is 0.453 bits per heavy atom. The molecule has 1 rings (SSSR count). The molecule has 1 N–H and O–H groups in total. The van der Waals surface area contributed by atoms with Crippen molar-refractivity contribution in [1.29, 1.82) is 0 Å². The first-order chi connectivity index (χ1) is 31.6. The Hall–Kier alpha value is -1.58. The quantitative estimate of drug-likeness (QED) is 0.0660. The van der Waals surface area contributed by atoms with Crippen LogP contribution < -0.4 is 14.7 Å². The van der Waals surface area contributed by atoms with Crippen LogP contribution in [0.1, 0.15) is 311 Å². The minimum atomic E-state index is 0.528. The van der Waals surface area contributed by atoms with E-state index in [0.717, 1.165) is 39.3 Å². The number of anilines is 3. The summed E-state index contributed by atoms with van der Waals surface area (Å²) < 4.78 is 0. The zero-order valence-electron chi connectivity index (χ0n) is 44.9. The van der Waals surface area contributed by atoms with Crippen LogP contribution in [0.15, 0.2) is 12.1 Å². The highest BCUT2D eigenvalue weighted by atomic mass is 16.3. The average Bonchev–Trinajstić information content (AvgIpc) is 3.30. The van der Waals surface area contributed by atoms with Crippen LogP contribution in [0.4, 0.5) is 17.1 Å². The normalized spacial score (nSPS) is 11.5. The third-order valence-corrected chi connectivity index (χ3v) is 14.3. The molecule has 0 heterocycles. The van der Waals surface area contributed by atoms with E-state index in [1.165, 1.54) is 287 Å². The van der Waals surface area contributed by atoms with Gasteiger partial charge in [-0.1, -0.05) is 273 Å². The largest absolute Gasteiger partial charge is 0.506 e. The predicted molar refractivity (Wildman–Crippen MR) is 293 cm³/mol. The smallest absolute Gasteiger partial charge is 0.141 e. The van der Waals surface area contributed by atoms with Gasteiger partial charge >= 0.3 is 0 Å².